The van der Waals surface area contributed by atoms with E-state index in [0.29, 0.717) is 16.9 Å². The predicted octanol–water partition coefficient (Wildman–Crippen LogP) is 3.73. The molecule has 0 saturated heterocycles. The number of benzene rings is 3. The molecule has 0 heterocycles. The second-order valence-corrected chi connectivity index (χ2v) is 7.21. The molecule has 0 aliphatic heterocycles. The molecule has 0 aliphatic rings. The molecule has 26 heavy (non-hydrogen) atoms. The average molecular weight is 367 g/mol. The minimum absolute atomic E-state index is 0.127. The van der Waals surface area contributed by atoms with Crippen LogP contribution < -0.4 is 9.46 Å². The van der Waals surface area contributed by atoms with Gasteiger partial charge >= 0.3 is 0 Å². The van der Waals surface area contributed by atoms with Gasteiger partial charge in [0.2, 0.25) is 0 Å². The van der Waals surface area contributed by atoms with Crippen LogP contribution in [0.15, 0.2) is 83.8 Å². The molecule has 0 fully saturated rings. The molecule has 0 amide bonds. The number of ether oxygens (including phenoxy) is 1. The quantitative estimate of drug-likeness (QED) is 0.674. The first kappa shape index (κ1) is 17.7. The summed E-state index contributed by atoms with van der Waals surface area (Å²) in [5, 5.41) is 0. The van der Waals surface area contributed by atoms with Gasteiger partial charge in [-0.25, -0.2) is 8.42 Å². The summed E-state index contributed by atoms with van der Waals surface area (Å²) in [4.78, 5) is 12.7. The van der Waals surface area contributed by atoms with Crippen molar-refractivity contribution in [1.29, 1.82) is 0 Å². The summed E-state index contributed by atoms with van der Waals surface area (Å²) in [5.74, 6) is 0.127. The van der Waals surface area contributed by atoms with E-state index in [4.69, 9.17) is 4.74 Å². The van der Waals surface area contributed by atoms with Crippen LogP contribution in [0.1, 0.15) is 15.9 Å². The van der Waals surface area contributed by atoms with Gasteiger partial charge in [-0.05, 0) is 30.3 Å². The van der Waals surface area contributed by atoms with E-state index >= 15 is 0 Å². The van der Waals surface area contributed by atoms with E-state index in [1.165, 1.54) is 25.3 Å². The molecule has 0 bridgehead atoms. The number of anilines is 1. The first-order valence-electron chi connectivity index (χ1n) is 7.87. The number of nitrogens with one attached hydrogen (secondary N) is 1. The molecule has 132 valence electrons. The fourth-order valence-corrected chi connectivity index (χ4v) is 3.57. The van der Waals surface area contributed by atoms with Crippen molar-refractivity contribution in [2.45, 2.75) is 4.90 Å². The Morgan fingerprint density at radius 3 is 2.08 bits per heavy atom. The number of carbonyl (C=O) groups excluding carboxylic acids is 1. The van der Waals surface area contributed by atoms with Crippen molar-refractivity contribution in [3.63, 3.8) is 0 Å². The summed E-state index contributed by atoms with van der Waals surface area (Å²) in [5.41, 5.74) is 1.09. The number of ketones is 1. The molecular formula is C20H17NO4S. The van der Waals surface area contributed by atoms with E-state index in [1.54, 1.807) is 54.6 Å². The monoisotopic (exact) mass is 367 g/mol. The van der Waals surface area contributed by atoms with Crippen LogP contribution in [0.25, 0.3) is 0 Å². The molecule has 0 radical (unpaired) electrons. The molecule has 3 rings (SSSR count). The number of hydrogen-bond donors (Lipinski definition) is 1. The van der Waals surface area contributed by atoms with Gasteiger partial charge in [-0.15, -0.1) is 0 Å². The minimum atomic E-state index is -3.79. The Morgan fingerprint density at radius 1 is 0.846 bits per heavy atom. The Hall–Kier alpha value is -3.12. The van der Waals surface area contributed by atoms with Crippen molar-refractivity contribution in [3.8, 4) is 5.75 Å². The van der Waals surface area contributed by atoms with Crippen molar-refractivity contribution < 1.29 is 17.9 Å². The lowest BCUT2D eigenvalue weighted by Crippen LogP contribution is -2.14. The maximum Gasteiger partial charge on any atom is 0.262 e. The second-order valence-electron chi connectivity index (χ2n) is 5.53. The van der Waals surface area contributed by atoms with Gasteiger partial charge in [-0.1, -0.05) is 48.5 Å². The highest BCUT2D eigenvalue weighted by atomic mass is 32.2. The molecule has 5 nitrogen and oxygen atoms in total. The zero-order valence-electron chi connectivity index (χ0n) is 14.0. The third kappa shape index (κ3) is 3.75. The number of carbonyl (C=O) groups is 1. The average Bonchev–Trinajstić information content (AvgIpc) is 2.68. The molecule has 0 spiro atoms. The van der Waals surface area contributed by atoms with Gasteiger partial charge in [0.25, 0.3) is 10.0 Å². The van der Waals surface area contributed by atoms with Crippen LogP contribution in [0.4, 0.5) is 5.69 Å². The van der Waals surface area contributed by atoms with Gasteiger partial charge in [-0.2, -0.15) is 0 Å². The van der Waals surface area contributed by atoms with Crippen LogP contribution in [0.3, 0.4) is 0 Å². The van der Waals surface area contributed by atoms with E-state index in [1.807, 2.05) is 6.07 Å². The second kappa shape index (κ2) is 7.41. The lowest BCUT2D eigenvalue weighted by Gasteiger charge is -2.13. The number of sulfonamides is 1. The van der Waals surface area contributed by atoms with Crippen molar-refractivity contribution in [2.24, 2.45) is 0 Å². The van der Waals surface area contributed by atoms with Crippen molar-refractivity contribution in [2.75, 3.05) is 11.8 Å². The summed E-state index contributed by atoms with van der Waals surface area (Å²) in [6.07, 6.45) is 0. The molecule has 0 unspecified atom stereocenters. The summed E-state index contributed by atoms with van der Waals surface area (Å²) < 4.78 is 32.9. The minimum Gasteiger partial charge on any atom is -0.495 e. The lowest BCUT2D eigenvalue weighted by molar-refractivity contribution is 0.103. The highest BCUT2D eigenvalue weighted by molar-refractivity contribution is 7.92. The molecule has 6 heteroatoms. The van der Waals surface area contributed by atoms with Crippen molar-refractivity contribution in [3.05, 3.63) is 90.0 Å². The van der Waals surface area contributed by atoms with Crippen LogP contribution in [0.2, 0.25) is 0 Å². The van der Waals surface area contributed by atoms with Crippen LogP contribution in [0, 0.1) is 0 Å². The van der Waals surface area contributed by atoms with Crippen LogP contribution in [-0.4, -0.2) is 21.3 Å². The van der Waals surface area contributed by atoms with E-state index in [-0.39, 0.29) is 16.4 Å². The van der Waals surface area contributed by atoms with Crippen LogP contribution in [-0.2, 0) is 10.0 Å². The van der Waals surface area contributed by atoms with Crippen LogP contribution >= 0.6 is 0 Å². The first-order chi connectivity index (χ1) is 12.5. The smallest absolute Gasteiger partial charge is 0.262 e. The Morgan fingerprint density at radius 2 is 1.46 bits per heavy atom. The summed E-state index contributed by atoms with van der Waals surface area (Å²) in [6.45, 7) is 0. The van der Waals surface area contributed by atoms with Gasteiger partial charge < -0.3 is 4.74 Å². The first-order valence-corrected chi connectivity index (χ1v) is 9.35. The maximum absolute atomic E-state index is 12.6. The third-order valence-corrected chi connectivity index (χ3v) is 5.18. The SMILES string of the molecule is COc1ccc(C(=O)c2ccccc2)cc1NS(=O)(=O)c1ccccc1. The molecule has 3 aromatic carbocycles. The molecule has 0 atom stereocenters. The molecular weight excluding hydrogens is 350 g/mol. The number of methoxy groups -OCH3 is 1. The van der Waals surface area contributed by atoms with Gasteiger partial charge in [0.05, 0.1) is 17.7 Å². The van der Waals surface area contributed by atoms with E-state index in [2.05, 4.69) is 4.72 Å². The number of hydrogen-bond acceptors (Lipinski definition) is 4. The van der Waals surface area contributed by atoms with Crippen molar-refractivity contribution >= 4 is 21.5 Å². The summed E-state index contributed by atoms with van der Waals surface area (Å²) in [6, 6.07) is 21.4. The topological polar surface area (TPSA) is 72.5 Å². The molecule has 3 aromatic rings. The Kier molecular flexibility index (Phi) is 5.04. The zero-order valence-corrected chi connectivity index (χ0v) is 14.9. The summed E-state index contributed by atoms with van der Waals surface area (Å²) >= 11 is 0. The zero-order chi connectivity index (χ0) is 18.6. The Balaban J connectivity index is 1.98. The lowest BCUT2D eigenvalue weighted by atomic mass is 10.0. The molecule has 0 aliphatic carbocycles. The highest BCUT2D eigenvalue weighted by Crippen LogP contribution is 2.29. The van der Waals surface area contributed by atoms with E-state index in [9.17, 15) is 13.2 Å². The largest absolute Gasteiger partial charge is 0.495 e. The van der Waals surface area contributed by atoms with Gasteiger partial charge in [0, 0.05) is 11.1 Å². The Bertz CT molecular complexity index is 1020. The van der Waals surface area contributed by atoms with Crippen molar-refractivity contribution in [1.82, 2.24) is 0 Å². The highest BCUT2D eigenvalue weighted by Gasteiger charge is 2.18. The van der Waals surface area contributed by atoms with Gasteiger partial charge in [0.15, 0.2) is 5.78 Å². The van der Waals surface area contributed by atoms with Gasteiger partial charge in [0.1, 0.15) is 5.75 Å². The summed E-state index contributed by atoms with van der Waals surface area (Å²) in [7, 11) is -2.36. The van der Waals surface area contributed by atoms with Gasteiger partial charge in [-0.3, -0.25) is 9.52 Å². The Labute approximate surface area is 152 Å². The third-order valence-electron chi connectivity index (χ3n) is 3.80. The van der Waals surface area contributed by atoms with E-state index in [0.717, 1.165) is 0 Å². The fourth-order valence-electron chi connectivity index (χ4n) is 2.49. The molecule has 0 saturated carbocycles. The maximum atomic E-state index is 12.6. The molecule has 0 aromatic heterocycles. The standard InChI is InChI=1S/C20H17NO4S/c1-25-19-13-12-16(20(22)15-8-4-2-5-9-15)14-18(19)21-26(23,24)17-10-6-3-7-11-17/h2-14,21H,1H3. The molecule has 1 N–H and O–H groups in total. The fraction of sp³-hybridized carbons (Fsp3) is 0.0500. The number of rotatable bonds is 6. The van der Waals surface area contributed by atoms with Crippen LogP contribution in [0.5, 0.6) is 5.75 Å². The predicted molar refractivity (Wildman–Crippen MR) is 100 cm³/mol. The van der Waals surface area contributed by atoms with E-state index < -0.39 is 10.0 Å². The normalized spacial score (nSPS) is 11.0.